The maximum Gasteiger partial charge on any atom is 0.335 e. The van der Waals surface area contributed by atoms with Crippen molar-refractivity contribution in [3.63, 3.8) is 0 Å². The third kappa shape index (κ3) is 7.85. The molecule has 48 heavy (non-hydrogen) atoms. The standard InChI is InChI=1S/C42H37NO5/c1-6-41(45)47-39-25-35(26-40(27-39)48-42(46)7-2)30(5)32-11-13-33(14-12-32)34-15-20-37(21-16-34)43(38-17-8-28(3)29(4)24-38)36-18-9-31(10-19-36)22-23-44/h6-21,23-27,30H,1-2,22H2,3-5H3. The topological polar surface area (TPSA) is 72.9 Å². The average Bonchev–Trinajstić information content (AvgIpc) is 3.10. The summed E-state index contributed by atoms with van der Waals surface area (Å²) in [6.07, 6.45) is 3.46. The normalized spacial score (nSPS) is 11.2. The lowest BCUT2D eigenvalue weighted by Gasteiger charge is -2.26. The fraction of sp³-hybridized carbons (Fsp3) is 0.119. The SMILES string of the molecule is C=CC(=O)Oc1cc(OC(=O)C=C)cc(C(C)c2ccc(-c3ccc(N(c4ccc(CC=O)cc4)c4ccc(C)c(C)c4)cc3)cc2)c1. The summed E-state index contributed by atoms with van der Waals surface area (Å²) in [5.74, 6) is -0.824. The second-order valence-corrected chi connectivity index (χ2v) is 11.5. The number of aldehydes is 1. The number of aryl methyl sites for hydroxylation is 2. The van der Waals surface area contributed by atoms with Gasteiger partial charge >= 0.3 is 11.9 Å². The van der Waals surface area contributed by atoms with E-state index >= 15 is 0 Å². The predicted octanol–water partition coefficient (Wildman–Crippen LogP) is 9.52. The van der Waals surface area contributed by atoms with Crippen LogP contribution in [0, 0.1) is 13.8 Å². The van der Waals surface area contributed by atoms with E-state index in [1.165, 1.54) is 17.2 Å². The number of nitrogens with zero attached hydrogens (tertiary/aromatic N) is 1. The molecule has 0 aliphatic heterocycles. The van der Waals surface area contributed by atoms with Gasteiger partial charge in [0.05, 0.1) is 0 Å². The molecular weight excluding hydrogens is 598 g/mol. The van der Waals surface area contributed by atoms with Crippen molar-refractivity contribution in [3.8, 4) is 22.6 Å². The predicted molar refractivity (Wildman–Crippen MR) is 191 cm³/mol. The van der Waals surface area contributed by atoms with Crippen molar-refractivity contribution in [2.75, 3.05) is 4.90 Å². The lowest BCUT2D eigenvalue weighted by molar-refractivity contribution is -0.129. The van der Waals surface area contributed by atoms with E-state index in [-0.39, 0.29) is 17.4 Å². The highest BCUT2D eigenvalue weighted by atomic mass is 16.5. The van der Waals surface area contributed by atoms with E-state index in [4.69, 9.17) is 9.47 Å². The van der Waals surface area contributed by atoms with E-state index in [0.717, 1.165) is 63.3 Å². The van der Waals surface area contributed by atoms with Crippen molar-refractivity contribution < 1.29 is 23.9 Å². The van der Waals surface area contributed by atoms with Gasteiger partial charge in [0.15, 0.2) is 0 Å². The first-order valence-electron chi connectivity index (χ1n) is 15.6. The monoisotopic (exact) mass is 635 g/mol. The van der Waals surface area contributed by atoms with Crippen LogP contribution in [0.1, 0.15) is 40.7 Å². The molecule has 6 heteroatoms. The first-order chi connectivity index (χ1) is 23.2. The van der Waals surface area contributed by atoms with E-state index < -0.39 is 11.9 Å². The second kappa shape index (κ2) is 15.1. The Kier molecular flexibility index (Phi) is 10.5. The lowest BCUT2D eigenvalue weighted by Crippen LogP contribution is -2.10. The third-order valence-corrected chi connectivity index (χ3v) is 8.30. The zero-order valence-electron chi connectivity index (χ0n) is 27.3. The molecule has 1 unspecified atom stereocenters. The zero-order chi connectivity index (χ0) is 34.2. The highest BCUT2D eigenvalue weighted by Crippen LogP contribution is 2.37. The van der Waals surface area contributed by atoms with Crippen molar-refractivity contribution in [2.45, 2.75) is 33.1 Å². The molecule has 0 aliphatic rings. The minimum atomic E-state index is -0.610. The van der Waals surface area contributed by atoms with Crippen LogP contribution in [-0.2, 0) is 20.8 Å². The Labute approximate surface area is 281 Å². The van der Waals surface area contributed by atoms with Gasteiger partial charge in [-0.15, -0.1) is 0 Å². The van der Waals surface area contributed by atoms with E-state index in [9.17, 15) is 14.4 Å². The van der Waals surface area contributed by atoms with Gasteiger partial charge in [0, 0.05) is 47.6 Å². The summed E-state index contributed by atoms with van der Waals surface area (Å²) in [5.41, 5.74) is 10.4. The third-order valence-electron chi connectivity index (χ3n) is 8.30. The van der Waals surface area contributed by atoms with Crippen LogP contribution in [0.4, 0.5) is 17.1 Å². The molecule has 5 aromatic carbocycles. The molecule has 0 spiro atoms. The van der Waals surface area contributed by atoms with Gasteiger partial charge < -0.3 is 19.2 Å². The van der Waals surface area contributed by atoms with Crippen LogP contribution in [0.5, 0.6) is 11.5 Å². The van der Waals surface area contributed by atoms with Crippen molar-refractivity contribution in [2.24, 2.45) is 0 Å². The van der Waals surface area contributed by atoms with Gasteiger partial charge in [0.2, 0.25) is 0 Å². The number of carbonyl (C=O) groups is 3. The lowest BCUT2D eigenvalue weighted by atomic mass is 9.91. The van der Waals surface area contributed by atoms with Gasteiger partial charge in [0.25, 0.3) is 0 Å². The summed E-state index contributed by atoms with van der Waals surface area (Å²) in [4.78, 5) is 37.0. The molecule has 0 radical (unpaired) electrons. The van der Waals surface area contributed by atoms with Crippen molar-refractivity contribution in [3.05, 3.63) is 162 Å². The van der Waals surface area contributed by atoms with Crippen LogP contribution in [-0.4, -0.2) is 18.2 Å². The number of hydrogen-bond donors (Lipinski definition) is 0. The molecule has 0 N–H and O–H groups in total. The number of ether oxygens (including phenoxy) is 2. The maximum atomic E-state index is 11.9. The molecule has 0 fully saturated rings. The fourth-order valence-corrected chi connectivity index (χ4v) is 5.43. The maximum absolute atomic E-state index is 11.9. The van der Waals surface area contributed by atoms with Crippen LogP contribution in [0.15, 0.2) is 135 Å². The summed E-state index contributed by atoms with van der Waals surface area (Å²) >= 11 is 0. The Hall–Kier alpha value is -6.01. The van der Waals surface area contributed by atoms with Crippen molar-refractivity contribution in [1.29, 1.82) is 0 Å². The van der Waals surface area contributed by atoms with Crippen LogP contribution in [0.25, 0.3) is 11.1 Å². The number of anilines is 3. The molecule has 1 atom stereocenters. The van der Waals surface area contributed by atoms with Crippen LogP contribution in [0.3, 0.4) is 0 Å². The number of rotatable bonds is 12. The number of benzene rings is 5. The van der Waals surface area contributed by atoms with Crippen LogP contribution >= 0.6 is 0 Å². The Morgan fingerprint density at radius 1 is 0.646 bits per heavy atom. The molecule has 0 heterocycles. The summed E-state index contributed by atoms with van der Waals surface area (Å²) in [5, 5.41) is 0. The van der Waals surface area contributed by atoms with Gasteiger partial charge in [-0.05, 0) is 101 Å². The highest BCUT2D eigenvalue weighted by Gasteiger charge is 2.16. The molecular formula is C42H37NO5. The molecule has 0 aromatic heterocycles. The van der Waals surface area contributed by atoms with Crippen LogP contribution < -0.4 is 14.4 Å². The van der Waals surface area contributed by atoms with Gasteiger partial charge in [-0.2, -0.15) is 0 Å². The van der Waals surface area contributed by atoms with E-state index in [0.29, 0.717) is 6.42 Å². The molecule has 0 amide bonds. The molecule has 5 rings (SSSR count). The van der Waals surface area contributed by atoms with Gasteiger partial charge in [-0.1, -0.05) is 74.7 Å². The first-order valence-corrected chi connectivity index (χ1v) is 15.6. The molecule has 6 nitrogen and oxygen atoms in total. The van der Waals surface area contributed by atoms with E-state index in [2.05, 4.69) is 98.6 Å². The minimum absolute atomic E-state index is 0.102. The molecule has 0 aliphatic carbocycles. The minimum Gasteiger partial charge on any atom is -0.423 e. The van der Waals surface area contributed by atoms with Crippen molar-refractivity contribution in [1.82, 2.24) is 0 Å². The van der Waals surface area contributed by atoms with E-state index in [1.807, 2.05) is 31.2 Å². The average molecular weight is 636 g/mol. The number of carbonyl (C=O) groups excluding carboxylic acids is 3. The Morgan fingerprint density at radius 2 is 1.15 bits per heavy atom. The number of esters is 2. The number of hydrogen-bond acceptors (Lipinski definition) is 6. The summed E-state index contributed by atoms with van der Waals surface area (Å²) in [7, 11) is 0. The van der Waals surface area contributed by atoms with Crippen molar-refractivity contribution >= 4 is 35.3 Å². The summed E-state index contributed by atoms with van der Waals surface area (Å²) in [6.45, 7) is 13.2. The zero-order valence-corrected chi connectivity index (χ0v) is 27.3. The first kappa shape index (κ1) is 33.4. The highest BCUT2D eigenvalue weighted by molar-refractivity contribution is 5.85. The van der Waals surface area contributed by atoms with E-state index in [1.54, 1.807) is 12.1 Å². The van der Waals surface area contributed by atoms with Crippen LogP contribution in [0.2, 0.25) is 0 Å². The summed E-state index contributed by atoms with van der Waals surface area (Å²) < 4.78 is 10.7. The Bertz CT molecular complexity index is 1920. The molecule has 0 saturated carbocycles. The smallest absolute Gasteiger partial charge is 0.335 e. The van der Waals surface area contributed by atoms with Gasteiger partial charge in [-0.25, -0.2) is 9.59 Å². The second-order valence-electron chi connectivity index (χ2n) is 11.5. The largest absolute Gasteiger partial charge is 0.423 e. The van der Waals surface area contributed by atoms with Gasteiger partial charge in [0.1, 0.15) is 17.8 Å². The quantitative estimate of drug-likeness (QED) is 0.0589. The van der Waals surface area contributed by atoms with Gasteiger partial charge in [-0.3, -0.25) is 0 Å². The fourth-order valence-electron chi connectivity index (χ4n) is 5.43. The molecule has 240 valence electrons. The molecule has 0 saturated heterocycles. The summed E-state index contributed by atoms with van der Waals surface area (Å²) in [6, 6.07) is 36.2. The molecule has 0 bridgehead atoms. The Balaban J connectivity index is 1.41. The Morgan fingerprint density at radius 3 is 1.65 bits per heavy atom. The molecule has 5 aromatic rings.